The molecular formula is C57H49N5Si3. The van der Waals surface area contributed by atoms with Crippen LogP contribution in [-0.2, 0) is 0 Å². The van der Waals surface area contributed by atoms with E-state index >= 15 is 0 Å². The predicted octanol–water partition coefficient (Wildman–Crippen LogP) is 9.95. The molecule has 0 bridgehead atoms. The van der Waals surface area contributed by atoms with E-state index in [0.29, 0.717) is 5.19 Å². The Morgan fingerprint density at radius 2 is 0.785 bits per heavy atom. The molecule has 0 amide bonds. The Morgan fingerprint density at radius 1 is 0.415 bits per heavy atom. The van der Waals surface area contributed by atoms with Gasteiger partial charge in [0.05, 0.1) is 38.2 Å². The zero-order chi connectivity index (χ0) is 53.9. The second-order valence-corrected chi connectivity index (χ2v) is 26.6. The maximum Gasteiger partial charge on any atom is 0.240 e. The number of rotatable bonds is 7. The summed E-state index contributed by atoms with van der Waals surface area (Å²) in [5, 5.41) is 6.19. The lowest BCUT2D eigenvalue weighted by Gasteiger charge is -2.43. The molecule has 0 saturated carbocycles. The standard InChI is InChI=1S/C57H49N5Si3/c1-63(2)36-37-64(3,4)54-48(38-43(39-53(54)63)65(40-22-8-5-9-23-40,41-24-10-6-11-25-41)42-26-12-7-13-27-42)55-58-56(61-49-32-18-14-28-44(49)45-29-15-19-33-50(45)61)60-57(59-55)62-51-34-20-16-30-46(51)47-31-17-21-35-52(47)62/h5-35,38-39H,36-37H2,1-4H3/i1D3,2D3,3D3,4D3. The van der Waals surface area contributed by atoms with Crippen molar-refractivity contribution in [2.45, 2.75) is 38.0 Å². The highest BCUT2D eigenvalue weighted by Crippen LogP contribution is 2.36. The molecule has 5 nitrogen and oxygen atoms in total. The maximum atomic E-state index is 9.53. The van der Waals surface area contributed by atoms with Gasteiger partial charge in [0.1, 0.15) is 0 Å². The van der Waals surface area contributed by atoms with E-state index in [4.69, 9.17) is 15.0 Å². The van der Waals surface area contributed by atoms with Crippen LogP contribution in [0.15, 0.2) is 200 Å². The van der Waals surface area contributed by atoms with Gasteiger partial charge in [-0.3, -0.25) is 9.13 Å². The molecule has 1 aliphatic heterocycles. The highest BCUT2D eigenvalue weighted by atomic mass is 28.3. The smallest absolute Gasteiger partial charge is 0.240 e. The van der Waals surface area contributed by atoms with E-state index in [9.17, 15) is 16.4 Å². The molecule has 0 unspecified atom stereocenters. The fourth-order valence-electron chi connectivity index (χ4n) is 10.5. The quantitative estimate of drug-likeness (QED) is 0.118. The van der Waals surface area contributed by atoms with Gasteiger partial charge >= 0.3 is 0 Å². The van der Waals surface area contributed by atoms with Crippen LogP contribution in [0, 0.1) is 0 Å². The topological polar surface area (TPSA) is 48.5 Å². The summed E-state index contributed by atoms with van der Waals surface area (Å²) in [6.07, 6.45) is 0. The van der Waals surface area contributed by atoms with E-state index < -0.39 is 62.2 Å². The van der Waals surface area contributed by atoms with Crippen molar-refractivity contribution in [2.24, 2.45) is 0 Å². The maximum absolute atomic E-state index is 9.53. The van der Waals surface area contributed by atoms with E-state index in [1.54, 1.807) is 12.1 Å². The van der Waals surface area contributed by atoms with Crippen LogP contribution < -0.4 is 31.1 Å². The van der Waals surface area contributed by atoms with E-state index in [1.807, 2.05) is 197 Å². The van der Waals surface area contributed by atoms with Crippen LogP contribution in [-0.4, -0.2) is 48.3 Å². The molecule has 0 fully saturated rings. The first kappa shape index (κ1) is 28.7. The summed E-state index contributed by atoms with van der Waals surface area (Å²) in [4.78, 5) is 16.1. The number of hydrogen-bond acceptors (Lipinski definition) is 3. The Morgan fingerprint density at radius 3 is 1.18 bits per heavy atom. The molecule has 8 heteroatoms. The minimum atomic E-state index is -5.21. The third-order valence-corrected chi connectivity index (χ3v) is 23.6. The molecule has 65 heavy (non-hydrogen) atoms. The lowest BCUT2D eigenvalue weighted by Crippen LogP contribution is -2.76. The molecule has 0 radical (unpaired) electrons. The number of hydrogen-bond donors (Lipinski definition) is 0. The monoisotopic (exact) mass is 899 g/mol. The summed E-state index contributed by atoms with van der Waals surface area (Å²) < 4.78 is 118. The Labute approximate surface area is 399 Å². The van der Waals surface area contributed by atoms with Gasteiger partial charge in [-0.15, -0.1) is 0 Å². The van der Waals surface area contributed by atoms with E-state index in [1.165, 1.54) is 0 Å². The lowest BCUT2D eigenvalue weighted by atomic mass is 10.2. The van der Waals surface area contributed by atoms with Crippen molar-refractivity contribution in [3.05, 3.63) is 200 Å². The van der Waals surface area contributed by atoms with Crippen molar-refractivity contribution < 1.29 is 16.4 Å². The second kappa shape index (κ2) is 15.1. The molecule has 4 heterocycles. The average molecular weight is 900 g/mol. The molecule has 0 N–H and O–H groups in total. The van der Waals surface area contributed by atoms with E-state index in [2.05, 4.69) is 0 Å². The molecule has 12 rings (SSSR count). The second-order valence-electron chi connectivity index (χ2n) is 17.1. The van der Waals surface area contributed by atoms with Crippen LogP contribution in [0.25, 0.3) is 66.9 Å². The van der Waals surface area contributed by atoms with Crippen molar-refractivity contribution in [2.75, 3.05) is 0 Å². The Bertz CT molecular complexity index is 3720. The fourth-order valence-corrected chi connectivity index (χ4v) is 22.4. The minimum Gasteiger partial charge on any atom is -0.278 e. The van der Waals surface area contributed by atoms with Crippen molar-refractivity contribution in [3.63, 3.8) is 0 Å². The number of fused-ring (bicyclic) bond motifs is 7. The number of nitrogens with zero attached hydrogens (tertiary/aromatic N) is 5. The highest BCUT2D eigenvalue weighted by Gasteiger charge is 2.47. The average Bonchev–Trinajstić information content (AvgIpc) is 4.05. The van der Waals surface area contributed by atoms with Gasteiger partial charge in [0.2, 0.25) is 11.9 Å². The molecule has 0 atom stereocenters. The van der Waals surface area contributed by atoms with Crippen LogP contribution in [0.1, 0.15) is 16.4 Å². The predicted molar refractivity (Wildman–Crippen MR) is 281 cm³/mol. The molecule has 0 saturated heterocycles. The number of aromatic nitrogens is 5. The Hall–Kier alpha value is -6.98. The first-order valence-electron chi connectivity index (χ1n) is 27.8. The van der Waals surface area contributed by atoms with Crippen molar-refractivity contribution in [1.82, 2.24) is 24.1 Å². The van der Waals surface area contributed by atoms with Crippen LogP contribution in [0.2, 0.25) is 38.0 Å². The summed E-state index contributed by atoms with van der Waals surface area (Å²) >= 11 is 0. The number of para-hydroxylation sites is 4. The Balaban J connectivity index is 1.36. The number of benzene rings is 8. The van der Waals surface area contributed by atoms with E-state index in [0.717, 1.165) is 59.2 Å². The molecule has 0 spiro atoms. The van der Waals surface area contributed by atoms with Crippen molar-refractivity contribution >= 4 is 99.0 Å². The van der Waals surface area contributed by atoms with Gasteiger partial charge in [-0.1, -0.05) is 219 Å². The molecule has 3 aromatic heterocycles. The summed E-state index contributed by atoms with van der Waals surface area (Å²) in [7, 11) is -14.2. The molecule has 0 aliphatic carbocycles. The van der Waals surface area contributed by atoms with Gasteiger partial charge in [-0.05, 0) is 50.2 Å². The van der Waals surface area contributed by atoms with Crippen LogP contribution in [0.4, 0.5) is 0 Å². The van der Waals surface area contributed by atoms with Gasteiger partial charge < -0.3 is 0 Å². The molecule has 11 aromatic rings. The largest absolute Gasteiger partial charge is 0.278 e. The van der Waals surface area contributed by atoms with Crippen LogP contribution in [0.5, 0.6) is 0 Å². The van der Waals surface area contributed by atoms with Crippen LogP contribution >= 0.6 is 0 Å². The van der Waals surface area contributed by atoms with Gasteiger partial charge in [0.25, 0.3) is 0 Å². The first-order chi connectivity index (χ1) is 36.7. The van der Waals surface area contributed by atoms with Crippen LogP contribution in [0.3, 0.4) is 0 Å². The zero-order valence-corrected chi connectivity index (χ0v) is 38.2. The third-order valence-electron chi connectivity index (χ3n) is 13.4. The molecule has 8 aromatic carbocycles. The van der Waals surface area contributed by atoms with Gasteiger partial charge in [0, 0.05) is 43.6 Å². The third kappa shape index (κ3) is 6.11. The lowest BCUT2D eigenvalue weighted by molar-refractivity contribution is 0.893. The van der Waals surface area contributed by atoms with Gasteiger partial charge in [0.15, 0.2) is 13.9 Å². The van der Waals surface area contributed by atoms with E-state index in [-0.39, 0.29) is 33.7 Å². The zero-order valence-electron chi connectivity index (χ0n) is 47.2. The Kier molecular flexibility index (Phi) is 6.66. The highest BCUT2D eigenvalue weighted by molar-refractivity contribution is 7.20. The summed E-state index contributed by atoms with van der Waals surface area (Å²) in [6, 6.07) is 62.8. The van der Waals surface area contributed by atoms with Crippen molar-refractivity contribution in [3.8, 4) is 23.3 Å². The fraction of sp³-hybridized carbons (Fsp3) is 0.105. The molecule has 314 valence electrons. The summed E-state index contributed by atoms with van der Waals surface area (Å²) in [5.41, 5.74) is 2.92. The molecule has 1 aliphatic rings. The molecular weight excluding hydrogens is 839 g/mol. The summed E-state index contributed by atoms with van der Waals surface area (Å²) in [6.45, 7) is -12.8. The summed E-state index contributed by atoms with van der Waals surface area (Å²) in [5.74, 6) is 0.0966. The van der Waals surface area contributed by atoms with Crippen molar-refractivity contribution in [1.29, 1.82) is 0 Å². The normalized spacial score (nSPS) is 18.1. The van der Waals surface area contributed by atoms with Gasteiger partial charge in [-0.25, -0.2) is 0 Å². The minimum absolute atomic E-state index is 0.0346. The van der Waals surface area contributed by atoms with Gasteiger partial charge in [-0.2, -0.15) is 15.0 Å². The first-order valence-corrected chi connectivity index (χ1v) is 28.3. The SMILES string of the molecule is [2H]C([2H])([2H])[Si]1(C([2H])([2H])[2H])CC[Si](C([2H])([2H])[2H])(C([2H])([2H])[2H])c2c(-c3nc(-n4c5ccccc5c5ccccc54)nc(-n4c5ccccc5c5ccccc54)n3)cc([Si](c3ccccc3)(c3ccccc3)c3ccccc3)cc21.